The molecule has 7 nitrogen and oxygen atoms in total. The summed E-state index contributed by atoms with van der Waals surface area (Å²) in [5.74, 6) is 0.0805. The van der Waals surface area contributed by atoms with E-state index in [1.165, 1.54) is 24.3 Å². The van der Waals surface area contributed by atoms with Gasteiger partial charge in [-0.15, -0.1) is 0 Å². The molecule has 194 valence electrons. The molecule has 10 heteroatoms. The maximum absolute atomic E-state index is 13.1. The van der Waals surface area contributed by atoms with E-state index in [1.807, 2.05) is 0 Å². The molecule has 0 aromatic heterocycles. The Kier molecular flexibility index (Phi) is 6.64. The molecular weight excluding hydrogens is 501 g/mol. The van der Waals surface area contributed by atoms with Crippen LogP contribution >= 0.6 is 0 Å². The molecule has 3 aromatic carbocycles. The second-order valence-corrected chi connectivity index (χ2v) is 8.61. The van der Waals surface area contributed by atoms with Gasteiger partial charge in [0.2, 0.25) is 12.7 Å². The zero-order chi connectivity index (χ0) is 26.9. The van der Waals surface area contributed by atoms with Crippen LogP contribution in [0.5, 0.6) is 11.5 Å². The minimum Gasteiger partial charge on any atom is -0.454 e. The zero-order valence-corrected chi connectivity index (χ0v) is 19.7. The van der Waals surface area contributed by atoms with Gasteiger partial charge in [0, 0.05) is 29.4 Å². The van der Waals surface area contributed by atoms with E-state index in [0.29, 0.717) is 45.1 Å². The lowest BCUT2D eigenvalue weighted by Gasteiger charge is -2.23. The maximum Gasteiger partial charge on any atom is 0.416 e. The zero-order valence-electron chi connectivity index (χ0n) is 19.7. The average Bonchev–Trinajstić information content (AvgIpc) is 3.35. The van der Waals surface area contributed by atoms with E-state index in [-0.39, 0.29) is 13.2 Å². The summed E-state index contributed by atoms with van der Waals surface area (Å²) in [5.41, 5.74) is 2.50. The predicted molar refractivity (Wildman–Crippen MR) is 134 cm³/mol. The molecule has 3 aromatic rings. The van der Waals surface area contributed by atoms with Crippen molar-refractivity contribution in [2.24, 2.45) is 0 Å². The third kappa shape index (κ3) is 5.25. The lowest BCUT2D eigenvalue weighted by Crippen LogP contribution is -2.34. The molecule has 3 N–H and O–H groups in total. The van der Waals surface area contributed by atoms with Crippen LogP contribution in [0.15, 0.2) is 78.9 Å². The SMILES string of the molecule is O=C(C=CC=C(c1ccc(C(F)(F)F)cc1)c1ccc2c(c1)OCO2)Nc1cccc2c1CC(O)C(=O)N2. The number of nitrogens with one attached hydrogen (secondary N) is 2. The molecule has 0 fully saturated rings. The molecular formula is C28H21F3N2O5. The average molecular weight is 522 g/mol. The van der Waals surface area contributed by atoms with Crippen molar-refractivity contribution >= 4 is 28.8 Å². The van der Waals surface area contributed by atoms with Crippen molar-refractivity contribution in [3.8, 4) is 11.5 Å². The van der Waals surface area contributed by atoms with Crippen LogP contribution < -0.4 is 20.1 Å². The molecule has 1 atom stereocenters. The van der Waals surface area contributed by atoms with E-state index in [2.05, 4.69) is 10.6 Å². The van der Waals surface area contributed by atoms with Gasteiger partial charge >= 0.3 is 6.18 Å². The largest absolute Gasteiger partial charge is 0.454 e. The standard InChI is InChI=1S/C28H21F3N2O5/c29-28(30,31)18-10-7-16(8-11-18)19(17-9-12-24-25(13-17)38-15-37-24)3-1-6-26(35)32-21-4-2-5-22-20(21)14-23(34)27(36)33-22/h1-13,23,34H,14-15H2,(H,32,35)(H,33,36). The van der Waals surface area contributed by atoms with Crippen LogP contribution in [0.25, 0.3) is 5.57 Å². The van der Waals surface area contributed by atoms with Gasteiger partial charge < -0.3 is 25.2 Å². The van der Waals surface area contributed by atoms with Gasteiger partial charge in [-0.1, -0.05) is 36.4 Å². The molecule has 0 spiro atoms. The molecule has 2 aliphatic heterocycles. The molecule has 2 heterocycles. The minimum atomic E-state index is -4.46. The number of hydrogen-bond acceptors (Lipinski definition) is 5. The minimum absolute atomic E-state index is 0.0589. The van der Waals surface area contributed by atoms with E-state index in [1.54, 1.807) is 42.5 Å². The monoisotopic (exact) mass is 522 g/mol. The molecule has 0 saturated carbocycles. The fraction of sp³-hybridized carbons (Fsp3) is 0.143. The van der Waals surface area contributed by atoms with Crippen molar-refractivity contribution in [2.75, 3.05) is 17.4 Å². The van der Waals surface area contributed by atoms with Crippen molar-refractivity contribution in [2.45, 2.75) is 18.7 Å². The van der Waals surface area contributed by atoms with Crippen molar-refractivity contribution in [3.05, 3.63) is 101 Å². The van der Waals surface area contributed by atoms with Gasteiger partial charge in [0.1, 0.15) is 6.10 Å². The van der Waals surface area contributed by atoms with E-state index in [4.69, 9.17) is 9.47 Å². The van der Waals surface area contributed by atoms with Crippen LogP contribution in [-0.4, -0.2) is 29.8 Å². The molecule has 2 amide bonds. The first kappa shape index (κ1) is 25.1. The number of anilines is 2. The number of halogens is 3. The van der Waals surface area contributed by atoms with Gasteiger partial charge in [-0.3, -0.25) is 9.59 Å². The van der Waals surface area contributed by atoms with Crippen molar-refractivity contribution in [1.29, 1.82) is 0 Å². The van der Waals surface area contributed by atoms with Crippen LogP contribution in [0.1, 0.15) is 22.3 Å². The third-order valence-electron chi connectivity index (χ3n) is 6.11. The van der Waals surface area contributed by atoms with Gasteiger partial charge in [0.15, 0.2) is 11.5 Å². The predicted octanol–water partition coefficient (Wildman–Crippen LogP) is 4.92. The number of aliphatic hydroxyl groups excluding tert-OH is 1. The second-order valence-electron chi connectivity index (χ2n) is 8.61. The van der Waals surface area contributed by atoms with Gasteiger partial charge in [0.25, 0.3) is 5.91 Å². The second kappa shape index (κ2) is 10.1. The summed E-state index contributed by atoms with van der Waals surface area (Å²) in [6, 6.07) is 14.9. The fourth-order valence-electron chi connectivity index (χ4n) is 4.21. The quantitative estimate of drug-likeness (QED) is 0.327. The molecule has 38 heavy (non-hydrogen) atoms. The number of aliphatic hydroxyl groups is 1. The first-order valence-electron chi connectivity index (χ1n) is 11.6. The Hall–Kier alpha value is -4.57. The number of allylic oxidation sites excluding steroid dienone is 2. The van der Waals surface area contributed by atoms with Crippen LogP contribution in [0.3, 0.4) is 0 Å². The Labute approximate surface area is 215 Å². The lowest BCUT2D eigenvalue weighted by molar-refractivity contribution is -0.137. The molecule has 0 saturated heterocycles. The first-order valence-corrected chi connectivity index (χ1v) is 11.6. The van der Waals surface area contributed by atoms with Crippen molar-refractivity contribution < 1.29 is 37.3 Å². The summed E-state index contributed by atoms with van der Waals surface area (Å²) in [6.45, 7) is 0.0715. The third-order valence-corrected chi connectivity index (χ3v) is 6.11. The number of alkyl halides is 3. The topological polar surface area (TPSA) is 96.9 Å². The van der Waals surface area contributed by atoms with Gasteiger partial charge in [-0.05, 0) is 53.1 Å². The number of amides is 2. The van der Waals surface area contributed by atoms with E-state index >= 15 is 0 Å². The first-order chi connectivity index (χ1) is 18.2. The summed E-state index contributed by atoms with van der Waals surface area (Å²) in [7, 11) is 0. The maximum atomic E-state index is 13.1. The van der Waals surface area contributed by atoms with Crippen molar-refractivity contribution in [3.63, 3.8) is 0 Å². The molecule has 0 aliphatic carbocycles. The number of hydrogen-bond donors (Lipinski definition) is 3. The van der Waals surface area contributed by atoms with Crippen LogP contribution in [-0.2, 0) is 22.2 Å². The van der Waals surface area contributed by atoms with Crippen LogP contribution in [0.4, 0.5) is 24.5 Å². The number of carbonyl (C=O) groups excluding carboxylic acids is 2. The van der Waals surface area contributed by atoms with E-state index < -0.39 is 29.7 Å². The Morgan fingerprint density at radius 2 is 1.76 bits per heavy atom. The Morgan fingerprint density at radius 3 is 2.53 bits per heavy atom. The molecule has 5 rings (SSSR count). The Morgan fingerprint density at radius 1 is 1.03 bits per heavy atom. The smallest absolute Gasteiger partial charge is 0.416 e. The van der Waals surface area contributed by atoms with Crippen LogP contribution in [0, 0.1) is 0 Å². The number of ether oxygens (including phenoxy) is 2. The fourth-order valence-corrected chi connectivity index (χ4v) is 4.21. The van der Waals surface area contributed by atoms with E-state index in [9.17, 15) is 27.9 Å². The summed E-state index contributed by atoms with van der Waals surface area (Å²) in [4.78, 5) is 24.4. The number of rotatable bonds is 5. The summed E-state index contributed by atoms with van der Waals surface area (Å²) >= 11 is 0. The number of fused-ring (bicyclic) bond motifs is 2. The Balaban J connectivity index is 1.41. The molecule has 0 bridgehead atoms. The summed E-state index contributed by atoms with van der Waals surface area (Å²) in [5, 5.41) is 15.2. The Bertz CT molecular complexity index is 1460. The number of benzene rings is 3. The van der Waals surface area contributed by atoms with E-state index in [0.717, 1.165) is 12.1 Å². The van der Waals surface area contributed by atoms with Gasteiger partial charge in [0.05, 0.1) is 5.56 Å². The normalized spacial score (nSPS) is 16.8. The van der Waals surface area contributed by atoms with Crippen molar-refractivity contribution in [1.82, 2.24) is 0 Å². The van der Waals surface area contributed by atoms with Gasteiger partial charge in [-0.25, -0.2) is 0 Å². The summed E-state index contributed by atoms with van der Waals surface area (Å²) < 4.78 is 50.0. The summed E-state index contributed by atoms with van der Waals surface area (Å²) in [6.07, 6.45) is -1.25. The highest BCUT2D eigenvalue weighted by atomic mass is 19.4. The highest BCUT2D eigenvalue weighted by Gasteiger charge is 2.30. The molecule has 2 aliphatic rings. The molecule has 1 unspecified atom stereocenters. The highest BCUT2D eigenvalue weighted by Crippen LogP contribution is 2.37. The van der Waals surface area contributed by atoms with Crippen LogP contribution in [0.2, 0.25) is 0 Å². The molecule has 0 radical (unpaired) electrons. The van der Waals surface area contributed by atoms with Gasteiger partial charge in [-0.2, -0.15) is 13.2 Å². The number of carbonyl (C=O) groups is 2. The highest BCUT2D eigenvalue weighted by molar-refractivity contribution is 6.03. The lowest BCUT2D eigenvalue weighted by atomic mass is 9.96.